The molecule has 0 aromatic carbocycles. The smallest absolute Gasteiger partial charge is 0.356 e. The van der Waals surface area contributed by atoms with Gasteiger partial charge in [0.25, 0.3) is 5.91 Å². The van der Waals surface area contributed by atoms with Crippen molar-refractivity contribution in [3.05, 3.63) is 0 Å². The lowest BCUT2D eigenvalue weighted by atomic mass is 10.2. The zero-order valence-electron chi connectivity index (χ0n) is 10.3. The Morgan fingerprint density at radius 3 is 2.89 bits per heavy atom. The van der Waals surface area contributed by atoms with E-state index in [4.69, 9.17) is 0 Å². The molecule has 0 aliphatic carbocycles. The lowest BCUT2D eigenvalue weighted by Crippen LogP contribution is -2.36. The van der Waals surface area contributed by atoms with E-state index in [9.17, 15) is 14.4 Å². The molecular formula is C11H14IN3O4. The summed E-state index contributed by atoms with van der Waals surface area (Å²) in [5.74, 6) is 2.14. The standard InChI is InChI=1S/C11H14IN3O4/c1-2-3-5-13-11(18)19-6-4-7(12)8-9(16)15-10(17)14-8/h7-8H,2-3,5H2,1H3,(H,13,18)(H2,14,15,16,17). The van der Waals surface area contributed by atoms with E-state index in [1.165, 1.54) is 0 Å². The minimum absolute atomic E-state index is 0.439. The van der Waals surface area contributed by atoms with Gasteiger partial charge in [-0.1, -0.05) is 35.9 Å². The molecule has 3 N–H and O–H groups in total. The van der Waals surface area contributed by atoms with Crippen molar-refractivity contribution in [3.63, 3.8) is 0 Å². The van der Waals surface area contributed by atoms with Crippen LogP contribution in [0.3, 0.4) is 0 Å². The molecule has 1 aliphatic heterocycles. The number of hydrogen-bond donors (Lipinski definition) is 3. The number of urea groups is 1. The number of alkyl carbamates (subject to hydrolysis) is 1. The van der Waals surface area contributed by atoms with Crippen molar-refractivity contribution in [1.82, 2.24) is 16.0 Å². The first kappa shape index (κ1) is 15.6. The predicted octanol–water partition coefficient (Wildman–Crippen LogP) is 0.485. The number of alkyl halides is 1. The minimum Gasteiger partial charge on any atom is -0.356 e. The van der Waals surface area contributed by atoms with E-state index in [1.54, 1.807) is 0 Å². The van der Waals surface area contributed by atoms with Gasteiger partial charge in [-0.05, 0) is 12.3 Å². The van der Waals surface area contributed by atoms with Gasteiger partial charge in [0.2, 0.25) is 0 Å². The highest BCUT2D eigenvalue weighted by molar-refractivity contribution is 14.1. The summed E-state index contributed by atoms with van der Waals surface area (Å²) in [6, 6.07) is -1.27. The molecule has 0 spiro atoms. The van der Waals surface area contributed by atoms with Crippen molar-refractivity contribution in [2.75, 3.05) is 6.54 Å². The average molecular weight is 379 g/mol. The van der Waals surface area contributed by atoms with Crippen LogP contribution in [-0.2, 0) is 9.53 Å². The summed E-state index contributed by atoms with van der Waals surface area (Å²) < 4.78 is 4.14. The molecule has 0 bridgehead atoms. The van der Waals surface area contributed by atoms with Gasteiger partial charge in [-0.25, -0.2) is 9.59 Å². The van der Waals surface area contributed by atoms with Gasteiger partial charge in [0.15, 0.2) is 0 Å². The van der Waals surface area contributed by atoms with E-state index < -0.39 is 28.0 Å². The first-order valence-electron chi connectivity index (χ1n) is 5.75. The van der Waals surface area contributed by atoms with Crippen LogP contribution in [0.4, 0.5) is 9.59 Å². The van der Waals surface area contributed by atoms with E-state index in [1.807, 2.05) is 29.5 Å². The maximum absolute atomic E-state index is 11.3. The van der Waals surface area contributed by atoms with E-state index in [0.717, 1.165) is 12.8 Å². The van der Waals surface area contributed by atoms with E-state index in [2.05, 4.69) is 32.7 Å². The fourth-order valence-corrected chi connectivity index (χ4v) is 1.89. The molecular weight excluding hydrogens is 365 g/mol. The fraction of sp³-hybridized carbons (Fsp3) is 0.545. The fourth-order valence-electron chi connectivity index (χ4n) is 1.26. The summed E-state index contributed by atoms with van der Waals surface area (Å²) in [7, 11) is 0. The van der Waals surface area contributed by atoms with Crippen LogP contribution in [0, 0.1) is 12.0 Å². The Balaban J connectivity index is 2.35. The third kappa shape index (κ3) is 5.34. The Bertz CT molecular complexity index is 429. The average Bonchev–Trinajstić information content (AvgIpc) is 2.69. The van der Waals surface area contributed by atoms with Crippen LogP contribution in [0.2, 0.25) is 0 Å². The number of nitrogens with one attached hydrogen (secondary N) is 3. The number of amides is 4. The van der Waals surface area contributed by atoms with Crippen molar-refractivity contribution < 1.29 is 19.1 Å². The quantitative estimate of drug-likeness (QED) is 0.218. The summed E-state index contributed by atoms with van der Waals surface area (Å²) in [6.45, 7) is 2.54. The second kappa shape index (κ2) is 7.83. The van der Waals surface area contributed by atoms with Gasteiger partial charge in [0.05, 0.1) is 0 Å². The van der Waals surface area contributed by atoms with Gasteiger partial charge in [0.1, 0.15) is 16.1 Å². The highest BCUT2D eigenvalue weighted by Gasteiger charge is 2.34. The molecule has 1 rings (SSSR count). The molecule has 0 aromatic heterocycles. The summed E-state index contributed by atoms with van der Waals surface area (Å²) in [4.78, 5) is 33.4. The Morgan fingerprint density at radius 1 is 1.58 bits per heavy atom. The van der Waals surface area contributed by atoms with Crippen LogP contribution >= 0.6 is 22.6 Å². The molecule has 0 saturated carbocycles. The molecule has 2 atom stereocenters. The van der Waals surface area contributed by atoms with Crippen molar-refractivity contribution in [2.45, 2.75) is 29.7 Å². The Labute approximate surface area is 124 Å². The first-order chi connectivity index (χ1) is 9.04. The minimum atomic E-state index is -0.729. The highest BCUT2D eigenvalue weighted by atomic mass is 127. The van der Waals surface area contributed by atoms with E-state index in [0.29, 0.717) is 6.54 Å². The molecule has 7 nitrogen and oxygen atoms in total. The molecule has 1 heterocycles. The van der Waals surface area contributed by atoms with Crippen LogP contribution in [0.25, 0.3) is 0 Å². The number of ether oxygens (including phenoxy) is 1. The van der Waals surface area contributed by atoms with Crippen molar-refractivity contribution in [3.8, 4) is 12.0 Å². The highest BCUT2D eigenvalue weighted by Crippen LogP contribution is 2.08. The van der Waals surface area contributed by atoms with Crippen molar-refractivity contribution in [1.29, 1.82) is 0 Å². The monoisotopic (exact) mass is 379 g/mol. The maximum atomic E-state index is 11.3. The first-order valence-corrected chi connectivity index (χ1v) is 6.99. The largest absolute Gasteiger partial charge is 0.421 e. The van der Waals surface area contributed by atoms with Crippen molar-refractivity contribution in [2.24, 2.45) is 0 Å². The van der Waals surface area contributed by atoms with Crippen LogP contribution in [0.15, 0.2) is 0 Å². The van der Waals surface area contributed by atoms with E-state index >= 15 is 0 Å². The zero-order chi connectivity index (χ0) is 14.3. The maximum Gasteiger partial charge on any atom is 0.421 e. The lowest BCUT2D eigenvalue weighted by Gasteiger charge is -2.07. The molecule has 1 fully saturated rings. The third-order valence-corrected chi connectivity index (χ3v) is 3.27. The SMILES string of the molecule is CCCCNC(=O)OC#CC(I)C1NC(=O)NC1=O. The van der Waals surface area contributed by atoms with Crippen LogP contribution in [0.1, 0.15) is 19.8 Å². The number of hydrogen-bond acceptors (Lipinski definition) is 4. The summed E-state index contributed by atoms with van der Waals surface area (Å²) in [6.07, 6.45) is 3.44. The molecule has 0 aromatic rings. The van der Waals surface area contributed by atoms with Crippen LogP contribution in [0.5, 0.6) is 0 Å². The molecule has 2 unspecified atom stereocenters. The Kier molecular flexibility index (Phi) is 6.41. The topological polar surface area (TPSA) is 96.5 Å². The number of rotatable bonds is 4. The van der Waals surface area contributed by atoms with Crippen molar-refractivity contribution >= 4 is 40.6 Å². The van der Waals surface area contributed by atoms with Gasteiger partial charge >= 0.3 is 12.1 Å². The van der Waals surface area contributed by atoms with Crippen LogP contribution in [-0.4, -0.2) is 34.5 Å². The second-order valence-corrected chi connectivity index (χ2v) is 5.10. The number of carbonyl (C=O) groups is 3. The summed E-state index contributed by atoms with van der Waals surface area (Å²) >= 11 is 1.89. The Hall–Kier alpha value is -1.50. The van der Waals surface area contributed by atoms with Crippen LogP contribution < -0.4 is 16.0 Å². The third-order valence-electron chi connectivity index (χ3n) is 2.24. The van der Waals surface area contributed by atoms with Gasteiger partial charge in [-0.15, -0.1) is 0 Å². The summed E-state index contributed by atoms with van der Waals surface area (Å²) in [5.41, 5.74) is 0. The molecule has 1 aliphatic rings. The molecule has 19 heavy (non-hydrogen) atoms. The number of carbonyl (C=O) groups excluding carboxylic acids is 3. The van der Waals surface area contributed by atoms with Gasteiger partial charge in [-0.2, -0.15) is 0 Å². The zero-order valence-corrected chi connectivity index (χ0v) is 12.4. The Morgan fingerprint density at radius 2 is 2.32 bits per heavy atom. The van der Waals surface area contributed by atoms with E-state index in [-0.39, 0.29) is 0 Å². The molecule has 4 amide bonds. The molecule has 8 heteroatoms. The number of unbranched alkanes of at least 4 members (excludes halogenated alkanes) is 1. The molecule has 0 radical (unpaired) electrons. The predicted molar refractivity (Wildman–Crippen MR) is 75.4 cm³/mol. The van der Waals surface area contributed by atoms with Gasteiger partial charge in [0, 0.05) is 6.54 Å². The summed E-state index contributed by atoms with van der Waals surface area (Å²) in [5, 5.41) is 7.04. The number of imide groups is 1. The van der Waals surface area contributed by atoms with Gasteiger partial charge < -0.3 is 15.4 Å². The normalized spacial score (nSPS) is 18.7. The molecule has 104 valence electrons. The molecule has 1 saturated heterocycles. The second-order valence-electron chi connectivity index (χ2n) is 3.76. The lowest BCUT2D eigenvalue weighted by molar-refractivity contribution is -0.119. The number of halogens is 1. The van der Waals surface area contributed by atoms with Gasteiger partial charge in [-0.3, -0.25) is 10.1 Å².